The normalized spacial score (nSPS) is 21.0. The first-order valence-electron chi connectivity index (χ1n) is 3.26. The zero-order valence-corrected chi connectivity index (χ0v) is 6.01. The zero-order valence-electron chi connectivity index (χ0n) is 6.01. The molecule has 1 atom stereocenters. The van der Waals surface area contributed by atoms with Crippen molar-refractivity contribution in [1.82, 2.24) is 0 Å². The summed E-state index contributed by atoms with van der Waals surface area (Å²) in [5.74, 6) is -0.678. The van der Waals surface area contributed by atoms with Crippen molar-refractivity contribution >= 4 is 5.97 Å². The summed E-state index contributed by atoms with van der Waals surface area (Å²) in [5, 5.41) is 0. The molecular formula is C7H9FO3. The van der Waals surface area contributed by atoms with E-state index < -0.39 is 12.6 Å². The molecule has 11 heavy (non-hydrogen) atoms. The Bertz CT molecular complexity index is 175. The van der Waals surface area contributed by atoms with Crippen LogP contribution in [0.4, 0.5) is 4.39 Å². The Hall–Kier alpha value is -0.900. The minimum Gasteiger partial charge on any atom is -0.459 e. The Morgan fingerprint density at radius 3 is 2.91 bits per heavy atom. The standard InChI is InChI=1S/C7H9FO3/c1-5(2-8)7(9)11-4-6-3-10-6/h6H,1-4H2. The number of hydrogen-bond acceptors (Lipinski definition) is 3. The van der Waals surface area contributed by atoms with Gasteiger partial charge in [-0.05, 0) is 0 Å². The molecule has 0 bridgehead atoms. The van der Waals surface area contributed by atoms with Crippen molar-refractivity contribution in [2.24, 2.45) is 0 Å². The second-order valence-electron chi connectivity index (χ2n) is 2.29. The minimum atomic E-state index is -0.857. The first kappa shape index (κ1) is 8.20. The summed E-state index contributed by atoms with van der Waals surface area (Å²) in [4.78, 5) is 10.7. The minimum absolute atomic E-state index is 0.0198. The molecule has 1 aliphatic heterocycles. The number of carbonyl (C=O) groups excluding carboxylic acids is 1. The number of ether oxygens (including phenoxy) is 2. The molecule has 3 nitrogen and oxygen atoms in total. The highest BCUT2D eigenvalue weighted by Crippen LogP contribution is 2.09. The molecule has 0 aliphatic carbocycles. The summed E-state index contributed by atoms with van der Waals surface area (Å²) in [6.45, 7) is 3.15. The Morgan fingerprint density at radius 1 is 1.82 bits per heavy atom. The Kier molecular flexibility index (Phi) is 2.59. The predicted molar refractivity (Wildman–Crippen MR) is 35.8 cm³/mol. The van der Waals surface area contributed by atoms with Gasteiger partial charge in [0, 0.05) is 0 Å². The fraction of sp³-hybridized carbons (Fsp3) is 0.571. The number of hydrogen-bond donors (Lipinski definition) is 0. The first-order chi connectivity index (χ1) is 5.24. The van der Waals surface area contributed by atoms with E-state index in [1.165, 1.54) is 0 Å². The highest BCUT2D eigenvalue weighted by molar-refractivity contribution is 5.87. The maximum atomic E-state index is 11.7. The van der Waals surface area contributed by atoms with Gasteiger partial charge in [0.25, 0.3) is 0 Å². The number of rotatable bonds is 4. The van der Waals surface area contributed by atoms with Crippen molar-refractivity contribution in [3.05, 3.63) is 12.2 Å². The number of alkyl halides is 1. The van der Waals surface area contributed by atoms with E-state index in [9.17, 15) is 9.18 Å². The van der Waals surface area contributed by atoms with E-state index in [4.69, 9.17) is 4.74 Å². The summed E-state index contributed by atoms with van der Waals surface area (Å²) in [7, 11) is 0. The fourth-order valence-electron chi connectivity index (χ4n) is 0.490. The summed E-state index contributed by atoms with van der Waals surface area (Å²) < 4.78 is 21.1. The summed E-state index contributed by atoms with van der Waals surface area (Å²) in [5.41, 5.74) is -0.148. The molecule has 0 aromatic heterocycles. The van der Waals surface area contributed by atoms with Crippen LogP contribution in [-0.4, -0.2) is 32.0 Å². The largest absolute Gasteiger partial charge is 0.459 e. The van der Waals surface area contributed by atoms with Crippen LogP contribution in [-0.2, 0) is 14.3 Å². The van der Waals surface area contributed by atoms with Gasteiger partial charge in [-0.1, -0.05) is 6.58 Å². The number of halogens is 1. The zero-order chi connectivity index (χ0) is 8.27. The molecule has 0 N–H and O–H groups in total. The third-order valence-corrected chi connectivity index (χ3v) is 1.25. The van der Waals surface area contributed by atoms with Gasteiger partial charge in [-0.25, -0.2) is 9.18 Å². The van der Waals surface area contributed by atoms with Crippen molar-refractivity contribution in [2.45, 2.75) is 6.10 Å². The van der Waals surface area contributed by atoms with Crippen molar-refractivity contribution in [2.75, 3.05) is 19.9 Å². The lowest BCUT2D eigenvalue weighted by atomic mass is 10.3. The molecular weight excluding hydrogens is 151 g/mol. The average Bonchev–Trinajstić information content (AvgIpc) is 2.81. The smallest absolute Gasteiger partial charge is 0.336 e. The molecule has 1 heterocycles. The lowest BCUT2D eigenvalue weighted by Crippen LogP contribution is -2.12. The van der Waals surface area contributed by atoms with Crippen molar-refractivity contribution in [3.8, 4) is 0 Å². The van der Waals surface area contributed by atoms with E-state index in [-0.39, 0.29) is 18.3 Å². The molecule has 0 aromatic carbocycles. The summed E-state index contributed by atoms with van der Waals surface area (Å²) in [6.07, 6.45) is 0.0198. The second kappa shape index (κ2) is 3.48. The molecule has 1 aliphatic rings. The van der Waals surface area contributed by atoms with Crippen LogP contribution in [0, 0.1) is 0 Å². The van der Waals surface area contributed by atoms with Gasteiger partial charge in [0.15, 0.2) is 0 Å². The molecule has 0 saturated carbocycles. The third-order valence-electron chi connectivity index (χ3n) is 1.25. The topological polar surface area (TPSA) is 38.8 Å². The molecule has 1 unspecified atom stereocenters. The van der Waals surface area contributed by atoms with Gasteiger partial charge >= 0.3 is 5.97 Å². The molecule has 1 fully saturated rings. The fourth-order valence-corrected chi connectivity index (χ4v) is 0.490. The lowest BCUT2D eigenvalue weighted by molar-refractivity contribution is -0.139. The van der Waals surface area contributed by atoms with Crippen LogP contribution in [0.1, 0.15) is 0 Å². The Morgan fingerprint density at radius 2 is 2.45 bits per heavy atom. The third kappa shape index (κ3) is 2.67. The summed E-state index contributed by atoms with van der Waals surface area (Å²) >= 11 is 0. The first-order valence-corrected chi connectivity index (χ1v) is 3.26. The van der Waals surface area contributed by atoms with Crippen LogP contribution in [0.3, 0.4) is 0 Å². The van der Waals surface area contributed by atoms with Gasteiger partial charge in [0.05, 0.1) is 12.2 Å². The van der Waals surface area contributed by atoms with Crippen molar-refractivity contribution in [3.63, 3.8) is 0 Å². The van der Waals surface area contributed by atoms with E-state index in [2.05, 4.69) is 11.3 Å². The van der Waals surface area contributed by atoms with Crippen LogP contribution in [0.2, 0.25) is 0 Å². The molecule has 1 saturated heterocycles. The molecule has 4 heteroatoms. The average molecular weight is 160 g/mol. The van der Waals surface area contributed by atoms with E-state index in [0.717, 1.165) is 0 Å². The maximum absolute atomic E-state index is 11.7. The Labute approximate surface area is 63.8 Å². The SMILES string of the molecule is C=C(CF)C(=O)OCC1CO1. The van der Waals surface area contributed by atoms with Gasteiger partial charge in [0.1, 0.15) is 19.4 Å². The summed E-state index contributed by atoms with van der Waals surface area (Å²) in [6, 6.07) is 0. The van der Waals surface area contributed by atoms with Gasteiger partial charge in [-0.3, -0.25) is 0 Å². The highest BCUT2D eigenvalue weighted by atomic mass is 19.1. The van der Waals surface area contributed by atoms with E-state index in [1.807, 2.05) is 0 Å². The van der Waals surface area contributed by atoms with E-state index >= 15 is 0 Å². The quantitative estimate of drug-likeness (QED) is 0.340. The van der Waals surface area contributed by atoms with Gasteiger partial charge in [0.2, 0.25) is 0 Å². The number of carbonyl (C=O) groups is 1. The Balaban J connectivity index is 2.13. The molecule has 0 spiro atoms. The monoisotopic (exact) mass is 160 g/mol. The second-order valence-corrected chi connectivity index (χ2v) is 2.29. The van der Waals surface area contributed by atoms with E-state index in [0.29, 0.717) is 6.61 Å². The van der Waals surface area contributed by atoms with Gasteiger partial charge in [-0.15, -0.1) is 0 Å². The molecule has 0 aromatic rings. The van der Waals surface area contributed by atoms with Crippen LogP contribution >= 0.6 is 0 Å². The maximum Gasteiger partial charge on any atom is 0.336 e. The van der Waals surface area contributed by atoms with E-state index in [1.54, 1.807) is 0 Å². The number of epoxide rings is 1. The van der Waals surface area contributed by atoms with Gasteiger partial charge in [-0.2, -0.15) is 0 Å². The predicted octanol–water partition coefficient (Wildman–Crippen LogP) is 0.454. The number of esters is 1. The van der Waals surface area contributed by atoms with Crippen LogP contribution < -0.4 is 0 Å². The lowest BCUT2D eigenvalue weighted by Gasteiger charge is -2.00. The molecule has 1 rings (SSSR count). The molecule has 0 amide bonds. The van der Waals surface area contributed by atoms with Gasteiger partial charge < -0.3 is 9.47 Å². The highest BCUT2D eigenvalue weighted by Gasteiger charge is 2.24. The molecule has 0 radical (unpaired) electrons. The van der Waals surface area contributed by atoms with Crippen molar-refractivity contribution in [1.29, 1.82) is 0 Å². The van der Waals surface area contributed by atoms with Crippen molar-refractivity contribution < 1.29 is 18.7 Å². The molecule has 62 valence electrons. The van der Waals surface area contributed by atoms with Crippen LogP contribution in [0.25, 0.3) is 0 Å². The van der Waals surface area contributed by atoms with Crippen LogP contribution in [0.15, 0.2) is 12.2 Å². The van der Waals surface area contributed by atoms with Crippen LogP contribution in [0.5, 0.6) is 0 Å².